The van der Waals surface area contributed by atoms with Crippen LogP contribution >= 0.6 is 0 Å². The largest absolute Gasteiger partial charge is 0.494 e. The second kappa shape index (κ2) is 7.36. The number of rotatable bonds is 6. The zero-order valence-corrected chi connectivity index (χ0v) is 16.3. The van der Waals surface area contributed by atoms with Gasteiger partial charge in [0.2, 0.25) is 0 Å². The molecule has 0 saturated carbocycles. The van der Waals surface area contributed by atoms with Crippen molar-refractivity contribution in [2.24, 2.45) is 0 Å². The summed E-state index contributed by atoms with van der Waals surface area (Å²) in [7, 11) is -0.435. The maximum absolute atomic E-state index is 12.1. The molecule has 2 aromatic rings. The van der Waals surface area contributed by atoms with Crippen LogP contribution in [0.3, 0.4) is 0 Å². The molecule has 0 unspecified atom stereocenters. The van der Waals surface area contributed by atoms with E-state index in [1.807, 2.05) is 52.0 Å². The van der Waals surface area contributed by atoms with Gasteiger partial charge in [0.25, 0.3) is 5.91 Å². The number of benzene rings is 1. The summed E-state index contributed by atoms with van der Waals surface area (Å²) in [5.41, 5.74) is 0.997. The van der Waals surface area contributed by atoms with Crippen LogP contribution < -0.4 is 10.8 Å². The number of nitrogens with one attached hydrogen (secondary N) is 1. The average Bonchev–Trinajstić information content (AvgIpc) is 3.15. The summed E-state index contributed by atoms with van der Waals surface area (Å²) in [6, 6.07) is 7.59. The van der Waals surface area contributed by atoms with E-state index in [1.54, 1.807) is 0 Å². The third-order valence-corrected chi connectivity index (χ3v) is 5.17. The average molecular weight is 386 g/mol. The number of nitro groups is 1. The fourth-order valence-electron chi connectivity index (χ4n) is 2.78. The first kappa shape index (κ1) is 20.0. The highest BCUT2D eigenvalue weighted by Crippen LogP contribution is 2.36. The molecule has 1 aliphatic heterocycles. The van der Waals surface area contributed by atoms with E-state index in [1.165, 1.54) is 17.0 Å². The predicted octanol–water partition coefficient (Wildman–Crippen LogP) is 1.41. The Hall–Kier alpha value is -2.72. The lowest BCUT2D eigenvalue weighted by molar-refractivity contribution is -0.396. The highest BCUT2D eigenvalue weighted by molar-refractivity contribution is 6.62. The first-order chi connectivity index (χ1) is 13.1. The van der Waals surface area contributed by atoms with E-state index in [0.717, 1.165) is 11.0 Å². The normalized spacial score (nSPS) is 17.5. The second-order valence-electron chi connectivity index (χ2n) is 7.72. The molecule has 1 saturated heterocycles. The highest BCUT2D eigenvalue weighted by Gasteiger charge is 2.51. The van der Waals surface area contributed by atoms with Crippen LogP contribution in [0.1, 0.15) is 33.3 Å². The van der Waals surface area contributed by atoms with Gasteiger partial charge >= 0.3 is 13.1 Å². The summed E-state index contributed by atoms with van der Waals surface area (Å²) in [5.74, 6) is -0.696. The van der Waals surface area contributed by atoms with Crippen molar-refractivity contribution in [1.82, 2.24) is 14.9 Å². The summed E-state index contributed by atoms with van der Waals surface area (Å²) in [5, 5.41) is 13.6. The van der Waals surface area contributed by atoms with Crippen molar-refractivity contribution in [1.29, 1.82) is 0 Å². The van der Waals surface area contributed by atoms with Crippen LogP contribution in [0.25, 0.3) is 0 Å². The highest BCUT2D eigenvalue weighted by atomic mass is 16.7. The molecule has 28 heavy (non-hydrogen) atoms. The molecule has 148 valence electrons. The van der Waals surface area contributed by atoms with Crippen LogP contribution in [0.2, 0.25) is 0 Å². The molecular weight excluding hydrogens is 363 g/mol. The first-order valence-electron chi connectivity index (χ1n) is 8.96. The van der Waals surface area contributed by atoms with Crippen molar-refractivity contribution in [2.75, 3.05) is 0 Å². The Bertz CT molecular complexity index is 862. The Morgan fingerprint density at radius 2 is 1.82 bits per heavy atom. The van der Waals surface area contributed by atoms with Crippen LogP contribution in [0.15, 0.2) is 36.7 Å². The quantitative estimate of drug-likeness (QED) is 0.457. The number of imidazole rings is 1. The zero-order valence-electron chi connectivity index (χ0n) is 16.3. The summed E-state index contributed by atoms with van der Waals surface area (Å²) in [6.45, 7) is 8.15. The second-order valence-corrected chi connectivity index (χ2v) is 7.72. The molecule has 3 rings (SSSR count). The number of hydrogen-bond acceptors (Lipinski definition) is 6. The summed E-state index contributed by atoms with van der Waals surface area (Å²) >= 11 is 0. The number of nitrogens with zero attached hydrogens (tertiary/aromatic N) is 3. The van der Waals surface area contributed by atoms with Crippen molar-refractivity contribution < 1.29 is 19.0 Å². The molecule has 10 heteroatoms. The third kappa shape index (κ3) is 4.07. The van der Waals surface area contributed by atoms with Gasteiger partial charge in [0.1, 0.15) is 12.4 Å². The molecule has 9 nitrogen and oxygen atoms in total. The van der Waals surface area contributed by atoms with E-state index in [-0.39, 0.29) is 18.4 Å². The molecule has 1 fully saturated rings. The Morgan fingerprint density at radius 1 is 1.21 bits per heavy atom. The summed E-state index contributed by atoms with van der Waals surface area (Å²) in [6.07, 6.45) is 2.69. The predicted molar refractivity (Wildman–Crippen MR) is 103 cm³/mol. The van der Waals surface area contributed by atoms with Gasteiger partial charge in [0.15, 0.2) is 6.54 Å². The Kier molecular flexibility index (Phi) is 5.27. The van der Waals surface area contributed by atoms with Gasteiger partial charge in [0.05, 0.1) is 11.2 Å². The van der Waals surface area contributed by atoms with E-state index in [9.17, 15) is 14.9 Å². The van der Waals surface area contributed by atoms with E-state index < -0.39 is 23.2 Å². The number of carbonyl (C=O) groups is 1. The van der Waals surface area contributed by atoms with Gasteiger partial charge in [-0.05, 0) is 43.6 Å². The molecule has 1 N–H and O–H groups in total. The molecule has 1 amide bonds. The summed E-state index contributed by atoms with van der Waals surface area (Å²) < 4.78 is 13.2. The van der Waals surface area contributed by atoms with E-state index in [4.69, 9.17) is 9.31 Å². The first-order valence-corrected chi connectivity index (χ1v) is 8.96. The molecule has 1 aromatic heterocycles. The maximum Gasteiger partial charge on any atom is 0.494 e. The van der Waals surface area contributed by atoms with Crippen molar-refractivity contribution >= 4 is 24.4 Å². The van der Waals surface area contributed by atoms with E-state index in [0.29, 0.717) is 6.54 Å². The fraction of sp³-hybridized carbons (Fsp3) is 0.444. The van der Waals surface area contributed by atoms with Gasteiger partial charge in [-0.3, -0.25) is 4.79 Å². The van der Waals surface area contributed by atoms with Gasteiger partial charge in [-0.25, -0.2) is 4.57 Å². The van der Waals surface area contributed by atoms with Crippen molar-refractivity contribution in [2.45, 2.75) is 52.0 Å². The van der Waals surface area contributed by atoms with E-state index >= 15 is 0 Å². The van der Waals surface area contributed by atoms with Crippen molar-refractivity contribution in [3.8, 4) is 0 Å². The molecule has 2 heterocycles. The topological polar surface area (TPSA) is 109 Å². The van der Waals surface area contributed by atoms with Crippen LogP contribution in [0.4, 0.5) is 5.95 Å². The van der Waals surface area contributed by atoms with Crippen LogP contribution in [0.5, 0.6) is 0 Å². The van der Waals surface area contributed by atoms with Gasteiger partial charge < -0.3 is 24.7 Å². The SMILES string of the molecule is CC1(C)OB(c2ccc(CNC(=O)Cn3ccnc3[N+](=O)[O-])cc2)OC1(C)C. The molecular formula is C18H23BN4O5. The molecule has 0 radical (unpaired) electrons. The van der Waals surface area contributed by atoms with Gasteiger partial charge in [0, 0.05) is 6.54 Å². The lowest BCUT2D eigenvalue weighted by atomic mass is 9.79. The number of amides is 1. The molecule has 0 aliphatic carbocycles. The smallest absolute Gasteiger partial charge is 0.399 e. The number of aromatic nitrogens is 2. The fourth-order valence-corrected chi connectivity index (χ4v) is 2.78. The maximum atomic E-state index is 12.1. The van der Waals surface area contributed by atoms with E-state index in [2.05, 4.69) is 10.3 Å². The van der Waals surface area contributed by atoms with Crippen molar-refractivity contribution in [3.05, 3.63) is 52.3 Å². The monoisotopic (exact) mass is 386 g/mol. The molecule has 0 bridgehead atoms. The van der Waals surface area contributed by atoms with Crippen LogP contribution in [-0.4, -0.2) is 38.7 Å². The minimum atomic E-state index is -0.623. The Labute approximate surface area is 163 Å². The van der Waals surface area contributed by atoms with Gasteiger partial charge in [-0.2, -0.15) is 0 Å². The van der Waals surface area contributed by atoms with Crippen LogP contribution in [-0.2, 0) is 27.2 Å². The minimum absolute atomic E-state index is 0.164. The van der Waals surface area contributed by atoms with Crippen molar-refractivity contribution in [3.63, 3.8) is 0 Å². The Balaban J connectivity index is 1.56. The lowest BCUT2D eigenvalue weighted by Gasteiger charge is -2.32. The molecule has 1 aromatic carbocycles. The molecule has 0 spiro atoms. The Morgan fingerprint density at radius 3 is 2.39 bits per heavy atom. The minimum Gasteiger partial charge on any atom is -0.399 e. The van der Waals surface area contributed by atoms with Gasteiger partial charge in [-0.15, -0.1) is 0 Å². The molecule has 0 atom stereocenters. The number of hydrogen-bond donors (Lipinski definition) is 1. The summed E-state index contributed by atoms with van der Waals surface area (Å²) in [4.78, 5) is 25.9. The molecule has 1 aliphatic rings. The third-order valence-electron chi connectivity index (χ3n) is 5.17. The standard InChI is InChI=1S/C18H23BN4O5/c1-17(2)18(3,4)28-19(27-17)14-7-5-13(6-8-14)11-21-15(24)12-22-10-9-20-16(22)23(25)26/h5-10H,11-12H2,1-4H3,(H,21,24). The zero-order chi connectivity index (χ0) is 20.5. The number of carbonyl (C=O) groups excluding carboxylic acids is 1. The van der Waals surface area contributed by atoms with Crippen LogP contribution in [0, 0.1) is 10.1 Å². The lowest BCUT2D eigenvalue weighted by Crippen LogP contribution is -2.41. The van der Waals surface area contributed by atoms with Gasteiger partial charge in [-0.1, -0.05) is 29.2 Å².